The maximum absolute atomic E-state index is 5.63. The summed E-state index contributed by atoms with van der Waals surface area (Å²) >= 11 is 0. The predicted molar refractivity (Wildman–Crippen MR) is 64.7 cm³/mol. The molecule has 3 saturated heterocycles. The number of hydrogen-bond donors (Lipinski definition) is 1. The van der Waals surface area contributed by atoms with Crippen molar-refractivity contribution >= 4 is 5.69 Å². The number of piperidine rings is 1. The Morgan fingerprint density at radius 2 is 1.81 bits per heavy atom. The molecule has 1 aromatic carbocycles. The molecule has 3 aliphatic rings. The standard InChI is InChI=1S/C13H18N2O/c14-6-5-10-1-3-11(4-2-10)15-8-12-7-13(9-15)16-12/h1-4,12-13H,5-9,14H2. The monoisotopic (exact) mass is 218 g/mol. The van der Waals surface area contributed by atoms with Crippen LogP contribution in [0, 0.1) is 0 Å². The molecule has 3 aliphatic heterocycles. The second-order valence-corrected chi connectivity index (χ2v) is 4.73. The lowest BCUT2D eigenvalue weighted by atomic mass is 9.98. The van der Waals surface area contributed by atoms with Crippen LogP contribution in [0.3, 0.4) is 0 Å². The van der Waals surface area contributed by atoms with Crippen LogP contribution in [0.1, 0.15) is 12.0 Å². The zero-order chi connectivity index (χ0) is 11.0. The molecule has 0 aromatic heterocycles. The number of morpholine rings is 1. The summed E-state index contributed by atoms with van der Waals surface area (Å²) in [6, 6.07) is 8.78. The van der Waals surface area contributed by atoms with Crippen molar-refractivity contribution in [3.63, 3.8) is 0 Å². The van der Waals surface area contributed by atoms with E-state index in [1.54, 1.807) is 0 Å². The molecule has 3 heterocycles. The molecule has 16 heavy (non-hydrogen) atoms. The summed E-state index contributed by atoms with van der Waals surface area (Å²) in [4.78, 5) is 2.43. The maximum Gasteiger partial charge on any atom is 0.0780 e. The van der Waals surface area contributed by atoms with Crippen molar-refractivity contribution in [2.75, 3.05) is 24.5 Å². The van der Waals surface area contributed by atoms with Gasteiger partial charge in [0.25, 0.3) is 0 Å². The molecular formula is C13H18N2O. The number of fused-ring (bicyclic) bond motifs is 2. The van der Waals surface area contributed by atoms with Crippen molar-refractivity contribution in [2.45, 2.75) is 25.0 Å². The van der Waals surface area contributed by atoms with E-state index in [4.69, 9.17) is 10.5 Å². The van der Waals surface area contributed by atoms with Gasteiger partial charge in [-0.1, -0.05) is 12.1 Å². The molecule has 2 bridgehead atoms. The van der Waals surface area contributed by atoms with Crippen LogP contribution in [0.2, 0.25) is 0 Å². The van der Waals surface area contributed by atoms with E-state index in [0.717, 1.165) is 26.1 Å². The van der Waals surface area contributed by atoms with Crippen LogP contribution in [0.5, 0.6) is 0 Å². The number of hydrogen-bond acceptors (Lipinski definition) is 3. The predicted octanol–water partition coefficient (Wildman–Crippen LogP) is 1.17. The van der Waals surface area contributed by atoms with Gasteiger partial charge in [-0.3, -0.25) is 0 Å². The average molecular weight is 218 g/mol. The maximum atomic E-state index is 5.63. The molecule has 2 unspecified atom stereocenters. The quantitative estimate of drug-likeness (QED) is 0.827. The van der Waals surface area contributed by atoms with E-state index in [0.29, 0.717) is 12.2 Å². The largest absolute Gasteiger partial charge is 0.371 e. The highest BCUT2D eigenvalue weighted by atomic mass is 16.5. The van der Waals surface area contributed by atoms with Gasteiger partial charge in [0.05, 0.1) is 12.2 Å². The van der Waals surface area contributed by atoms with E-state index in [1.165, 1.54) is 17.7 Å². The number of nitrogens with zero attached hydrogens (tertiary/aromatic N) is 1. The van der Waals surface area contributed by atoms with Gasteiger partial charge in [0.1, 0.15) is 0 Å². The van der Waals surface area contributed by atoms with Crippen LogP contribution in [0.25, 0.3) is 0 Å². The summed E-state index contributed by atoms with van der Waals surface area (Å²) in [6.07, 6.45) is 3.17. The third kappa shape index (κ3) is 1.81. The van der Waals surface area contributed by atoms with Crippen LogP contribution in [-0.4, -0.2) is 31.8 Å². The minimum Gasteiger partial charge on any atom is -0.371 e. The Labute approximate surface area is 96.2 Å². The van der Waals surface area contributed by atoms with Crippen LogP contribution in [0.4, 0.5) is 5.69 Å². The minimum absolute atomic E-state index is 0.475. The molecule has 0 spiro atoms. The molecule has 0 aliphatic carbocycles. The van der Waals surface area contributed by atoms with Gasteiger partial charge in [0, 0.05) is 25.2 Å². The van der Waals surface area contributed by atoms with Crippen LogP contribution < -0.4 is 10.6 Å². The van der Waals surface area contributed by atoms with Gasteiger partial charge in [-0.15, -0.1) is 0 Å². The highest BCUT2D eigenvalue weighted by Crippen LogP contribution is 2.31. The summed E-state index contributed by atoms with van der Waals surface area (Å²) in [5, 5.41) is 0. The van der Waals surface area contributed by atoms with Gasteiger partial charge in [-0.05, 0) is 30.7 Å². The van der Waals surface area contributed by atoms with Gasteiger partial charge in [-0.2, -0.15) is 0 Å². The highest BCUT2D eigenvalue weighted by molar-refractivity contribution is 5.49. The normalized spacial score (nSPS) is 27.7. The first-order valence-corrected chi connectivity index (χ1v) is 6.04. The van der Waals surface area contributed by atoms with Crippen LogP contribution in [-0.2, 0) is 11.2 Å². The third-order valence-corrected chi connectivity index (χ3v) is 3.49. The molecule has 3 heteroatoms. The van der Waals surface area contributed by atoms with Crippen molar-refractivity contribution in [2.24, 2.45) is 5.73 Å². The summed E-state index contributed by atoms with van der Waals surface area (Å²) in [7, 11) is 0. The lowest BCUT2D eigenvalue weighted by Crippen LogP contribution is -2.57. The first kappa shape index (κ1) is 10.1. The Hall–Kier alpha value is -1.06. The zero-order valence-corrected chi connectivity index (χ0v) is 9.43. The van der Waals surface area contributed by atoms with E-state index in [1.807, 2.05) is 0 Å². The molecule has 1 aromatic rings. The summed E-state index contributed by atoms with van der Waals surface area (Å²) < 4.78 is 5.63. The fourth-order valence-electron chi connectivity index (χ4n) is 2.61. The van der Waals surface area contributed by atoms with E-state index in [9.17, 15) is 0 Å². The molecule has 0 amide bonds. The minimum atomic E-state index is 0.475. The van der Waals surface area contributed by atoms with Gasteiger partial charge in [-0.25, -0.2) is 0 Å². The summed E-state index contributed by atoms with van der Waals surface area (Å²) in [6.45, 7) is 2.82. The Morgan fingerprint density at radius 1 is 1.19 bits per heavy atom. The molecule has 0 radical (unpaired) electrons. The first-order chi connectivity index (χ1) is 7.85. The van der Waals surface area contributed by atoms with E-state index >= 15 is 0 Å². The van der Waals surface area contributed by atoms with E-state index in [2.05, 4.69) is 29.2 Å². The van der Waals surface area contributed by atoms with Gasteiger partial charge >= 0.3 is 0 Å². The lowest BCUT2D eigenvalue weighted by Gasteiger charge is -2.48. The first-order valence-electron chi connectivity index (χ1n) is 6.04. The van der Waals surface area contributed by atoms with Crippen LogP contribution >= 0.6 is 0 Å². The molecule has 86 valence electrons. The van der Waals surface area contributed by atoms with Gasteiger partial charge in [0.2, 0.25) is 0 Å². The number of rotatable bonds is 3. The Kier molecular flexibility index (Phi) is 2.58. The molecule has 2 atom stereocenters. The fraction of sp³-hybridized carbons (Fsp3) is 0.538. The molecule has 2 N–H and O–H groups in total. The highest BCUT2D eigenvalue weighted by Gasteiger charge is 2.38. The molecule has 3 nitrogen and oxygen atoms in total. The summed E-state index contributed by atoms with van der Waals surface area (Å²) in [5.74, 6) is 0. The van der Waals surface area contributed by atoms with Crippen molar-refractivity contribution in [1.29, 1.82) is 0 Å². The zero-order valence-electron chi connectivity index (χ0n) is 9.43. The topological polar surface area (TPSA) is 38.5 Å². The molecule has 0 saturated carbocycles. The average Bonchev–Trinajstić information content (AvgIpc) is 2.30. The lowest BCUT2D eigenvalue weighted by molar-refractivity contribution is -0.133. The second kappa shape index (κ2) is 4.07. The van der Waals surface area contributed by atoms with Crippen LogP contribution in [0.15, 0.2) is 24.3 Å². The number of benzene rings is 1. The van der Waals surface area contributed by atoms with Gasteiger partial charge < -0.3 is 15.4 Å². The van der Waals surface area contributed by atoms with Crippen molar-refractivity contribution < 1.29 is 4.74 Å². The summed E-state index contributed by atoms with van der Waals surface area (Å²) in [5.41, 5.74) is 8.18. The third-order valence-electron chi connectivity index (χ3n) is 3.49. The van der Waals surface area contributed by atoms with E-state index < -0.39 is 0 Å². The Bertz CT molecular complexity index is 347. The Morgan fingerprint density at radius 3 is 2.38 bits per heavy atom. The molecular weight excluding hydrogens is 200 g/mol. The van der Waals surface area contributed by atoms with E-state index in [-0.39, 0.29) is 0 Å². The fourth-order valence-corrected chi connectivity index (χ4v) is 2.61. The molecule has 3 fully saturated rings. The van der Waals surface area contributed by atoms with Crippen molar-refractivity contribution in [3.05, 3.63) is 29.8 Å². The molecule has 4 rings (SSSR count). The van der Waals surface area contributed by atoms with Gasteiger partial charge in [0.15, 0.2) is 0 Å². The number of nitrogens with two attached hydrogens (primary N) is 1. The van der Waals surface area contributed by atoms with Crippen molar-refractivity contribution in [3.8, 4) is 0 Å². The SMILES string of the molecule is NCCc1ccc(N2CC3CC(C2)O3)cc1. The number of ether oxygens (including phenoxy) is 1. The van der Waals surface area contributed by atoms with Crippen molar-refractivity contribution in [1.82, 2.24) is 0 Å². The second-order valence-electron chi connectivity index (χ2n) is 4.73. The Balaban J connectivity index is 1.69. The number of anilines is 1. The smallest absolute Gasteiger partial charge is 0.0780 e.